The van der Waals surface area contributed by atoms with Crippen LogP contribution in [-0.2, 0) is 23.6 Å². The first kappa shape index (κ1) is 27.2. The first-order chi connectivity index (χ1) is 19.4. The van der Waals surface area contributed by atoms with E-state index in [1.807, 2.05) is 13.8 Å². The molecule has 7 nitrogen and oxygen atoms in total. The van der Waals surface area contributed by atoms with E-state index in [-0.39, 0.29) is 47.3 Å². The molecule has 0 saturated carbocycles. The Balaban J connectivity index is 1.49. The van der Waals surface area contributed by atoms with Gasteiger partial charge < -0.3 is 14.8 Å². The van der Waals surface area contributed by atoms with E-state index < -0.39 is 23.5 Å². The molecule has 2 unspecified atom stereocenters. The zero-order valence-electron chi connectivity index (χ0n) is 21.8. The van der Waals surface area contributed by atoms with Crippen LogP contribution in [0.2, 0.25) is 0 Å². The number of nitrogens with zero attached hydrogens (tertiary/aromatic N) is 4. The SMILES string of the molecule is CC1CN(Cc2nc3nc(-c4ncccc4C(F)(F)F)ccc3c3c2Oc2cc(C(F)(F)F)ccc2N3)CC(C)O1. The first-order valence-corrected chi connectivity index (χ1v) is 12.8. The third-order valence-electron chi connectivity index (χ3n) is 6.88. The fourth-order valence-electron chi connectivity index (χ4n) is 5.24. The summed E-state index contributed by atoms with van der Waals surface area (Å²) in [6.07, 6.45) is -8.10. The van der Waals surface area contributed by atoms with Crippen molar-refractivity contribution >= 4 is 22.4 Å². The van der Waals surface area contributed by atoms with Crippen LogP contribution < -0.4 is 10.1 Å². The number of anilines is 2. The van der Waals surface area contributed by atoms with Gasteiger partial charge in [0.15, 0.2) is 17.1 Å². The van der Waals surface area contributed by atoms with Gasteiger partial charge in [-0.05, 0) is 56.3 Å². The van der Waals surface area contributed by atoms with Gasteiger partial charge in [-0.15, -0.1) is 0 Å². The van der Waals surface area contributed by atoms with Gasteiger partial charge in [0.1, 0.15) is 11.4 Å². The summed E-state index contributed by atoms with van der Waals surface area (Å²) in [6.45, 7) is 5.24. The third kappa shape index (κ3) is 5.26. The van der Waals surface area contributed by atoms with Crippen molar-refractivity contribution in [3.8, 4) is 22.9 Å². The highest BCUT2D eigenvalue weighted by atomic mass is 19.4. The molecule has 2 aliphatic rings. The predicted molar refractivity (Wildman–Crippen MR) is 138 cm³/mol. The molecule has 1 aromatic carbocycles. The van der Waals surface area contributed by atoms with Gasteiger partial charge in [0.05, 0.1) is 40.4 Å². The minimum Gasteiger partial charge on any atom is -0.451 e. The molecule has 1 N–H and O–H groups in total. The lowest BCUT2D eigenvalue weighted by Crippen LogP contribution is -2.45. The maximum atomic E-state index is 13.7. The molecule has 13 heteroatoms. The first-order valence-electron chi connectivity index (χ1n) is 12.8. The molecule has 2 atom stereocenters. The van der Waals surface area contributed by atoms with Crippen LogP contribution in [0, 0.1) is 0 Å². The molecule has 0 bridgehead atoms. The Kier molecular flexibility index (Phi) is 6.53. The lowest BCUT2D eigenvalue weighted by atomic mass is 10.1. The van der Waals surface area contributed by atoms with Crippen molar-refractivity contribution in [2.45, 2.75) is 45.0 Å². The average Bonchev–Trinajstić information content (AvgIpc) is 2.90. The Morgan fingerprint density at radius 1 is 0.951 bits per heavy atom. The van der Waals surface area contributed by atoms with Crippen LogP contribution >= 0.6 is 0 Å². The number of nitrogens with one attached hydrogen (secondary N) is 1. The summed E-state index contributed by atoms with van der Waals surface area (Å²) in [5, 5.41) is 3.56. The lowest BCUT2D eigenvalue weighted by molar-refractivity contribution is -0.138. The normalized spacial score (nSPS) is 19.3. The van der Waals surface area contributed by atoms with E-state index in [1.165, 1.54) is 24.4 Å². The van der Waals surface area contributed by atoms with E-state index in [4.69, 9.17) is 9.47 Å². The number of hydrogen-bond acceptors (Lipinski definition) is 7. The Hall–Kier alpha value is -3.97. The van der Waals surface area contributed by atoms with Crippen molar-refractivity contribution in [2.75, 3.05) is 18.4 Å². The molecule has 2 aliphatic heterocycles. The minimum absolute atomic E-state index is 0.0219. The van der Waals surface area contributed by atoms with Crippen LogP contribution in [0.25, 0.3) is 22.4 Å². The Labute approximate surface area is 230 Å². The van der Waals surface area contributed by atoms with Gasteiger partial charge in [-0.2, -0.15) is 26.3 Å². The highest BCUT2D eigenvalue weighted by Gasteiger charge is 2.36. The van der Waals surface area contributed by atoms with E-state index >= 15 is 0 Å². The number of alkyl halides is 6. The largest absolute Gasteiger partial charge is 0.451 e. The molecule has 41 heavy (non-hydrogen) atoms. The standard InChI is InChI=1S/C28H23F6N5O2/c1-14-11-39(12-15(2)40-14)13-21-25-23(36-19-7-5-16(27(29,30)31)10-22(19)41-25)17-6-8-20(37-26(17)38-21)24-18(28(32,33)34)4-3-9-35-24/h3-10,14-15,36H,11-13H2,1-2H3. The van der Waals surface area contributed by atoms with Crippen LogP contribution in [0.4, 0.5) is 37.7 Å². The summed E-state index contributed by atoms with van der Waals surface area (Å²) >= 11 is 0. The van der Waals surface area contributed by atoms with Gasteiger partial charge in [-0.25, -0.2) is 9.97 Å². The van der Waals surface area contributed by atoms with Crippen molar-refractivity contribution in [1.29, 1.82) is 0 Å². The fourth-order valence-corrected chi connectivity index (χ4v) is 5.24. The number of hydrogen-bond donors (Lipinski definition) is 1. The van der Waals surface area contributed by atoms with Gasteiger partial charge in [0.25, 0.3) is 0 Å². The van der Waals surface area contributed by atoms with Crippen molar-refractivity contribution in [1.82, 2.24) is 19.9 Å². The van der Waals surface area contributed by atoms with Gasteiger partial charge in [0, 0.05) is 31.2 Å². The smallest absolute Gasteiger partial charge is 0.418 e. The molecule has 4 aromatic rings. The third-order valence-corrected chi connectivity index (χ3v) is 6.88. The maximum Gasteiger partial charge on any atom is 0.418 e. The summed E-state index contributed by atoms with van der Waals surface area (Å²) in [7, 11) is 0. The van der Waals surface area contributed by atoms with E-state index in [0.717, 1.165) is 18.2 Å². The second kappa shape index (κ2) is 9.84. The second-order valence-electron chi connectivity index (χ2n) is 10.1. The van der Waals surface area contributed by atoms with Crippen molar-refractivity contribution in [3.63, 3.8) is 0 Å². The Morgan fingerprint density at radius 3 is 2.41 bits per heavy atom. The van der Waals surface area contributed by atoms with E-state index in [0.29, 0.717) is 35.5 Å². The summed E-state index contributed by atoms with van der Waals surface area (Å²) in [5.74, 6) is 0.200. The van der Waals surface area contributed by atoms with Crippen molar-refractivity contribution < 1.29 is 35.8 Å². The predicted octanol–water partition coefficient (Wildman–Crippen LogP) is 7.19. The summed E-state index contributed by atoms with van der Waals surface area (Å²) in [4.78, 5) is 15.1. The fraction of sp³-hybridized carbons (Fsp3) is 0.321. The molecule has 1 fully saturated rings. The van der Waals surface area contributed by atoms with E-state index in [1.54, 1.807) is 6.07 Å². The number of pyridine rings is 3. The molecule has 3 aromatic heterocycles. The molecule has 0 amide bonds. The molecule has 5 heterocycles. The molecule has 6 rings (SSSR count). The van der Waals surface area contributed by atoms with Crippen LogP contribution in [0.5, 0.6) is 11.5 Å². The Morgan fingerprint density at radius 2 is 1.71 bits per heavy atom. The van der Waals surface area contributed by atoms with E-state index in [2.05, 4.69) is 25.2 Å². The van der Waals surface area contributed by atoms with Crippen molar-refractivity contribution in [2.24, 2.45) is 0 Å². The highest BCUT2D eigenvalue weighted by molar-refractivity contribution is 5.98. The topological polar surface area (TPSA) is 72.4 Å². The van der Waals surface area contributed by atoms with E-state index in [9.17, 15) is 26.3 Å². The lowest BCUT2D eigenvalue weighted by Gasteiger charge is -2.35. The quantitative estimate of drug-likeness (QED) is 0.228. The zero-order chi connectivity index (χ0) is 29.1. The highest BCUT2D eigenvalue weighted by Crippen LogP contribution is 2.48. The molecular weight excluding hydrogens is 552 g/mol. The second-order valence-corrected chi connectivity index (χ2v) is 10.1. The molecule has 0 spiro atoms. The summed E-state index contributed by atoms with van der Waals surface area (Å²) in [6, 6.07) is 8.21. The molecular formula is C28H23F6N5O2. The van der Waals surface area contributed by atoms with Gasteiger partial charge in [-0.3, -0.25) is 9.88 Å². The zero-order valence-corrected chi connectivity index (χ0v) is 21.8. The molecule has 1 saturated heterocycles. The maximum absolute atomic E-state index is 13.7. The molecule has 0 aliphatic carbocycles. The van der Waals surface area contributed by atoms with Crippen LogP contribution in [0.3, 0.4) is 0 Å². The monoisotopic (exact) mass is 575 g/mol. The number of morpholine rings is 1. The number of fused-ring (bicyclic) bond motifs is 4. The summed E-state index contributed by atoms with van der Waals surface area (Å²) < 4.78 is 93.2. The Bertz CT molecular complexity index is 1630. The van der Waals surface area contributed by atoms with Gasteiger partial charge in [-0.1, -0.05) is 0 Å². The number of aromatic nitrogens is 3. The van der Waals surface area contributed by atoms with Crippen LogP contribution in [-0.4, -0.2) is 45.1 Å². The van der Waals surface area contributed by atoms with Crippen LogP contribution in [0.1, 0.15) is 30.7 Å². The number of ether oxygens (including phenoxy) is 2. The van der Waals surface area contributed by atoms with Gasteiger partial charge in [0.2, 0.25) is 0 Å². The number of halogens is 6. The number of rotatable bonds is 3. The van der Waals surface area contributed by atoms with Gasteiger partial charge >= 0.3 is 12.4 Å². The minimum atomic E-state index is -4.65. The average molecular weight is 576 g/mol. The van der Waals surface area contributed by atoms with Crippen LogP contribution in [0.15, 0.2) is 48.7 Å². The van der Waals surface area contributed by atoms with Crippen molar-refractivity contribution in [3.05, 3.63) is 65.5 Å². The molecule has 214 valence electrons. The summed E-state index contributed by atoms with van der Waals surface area (Å²) in [5.41, 5.74) is -0.959. The number of benzene rings is 1. The molecule has 0 radical (unpaired) electrons.